The van der Waals surface area contributed by atoms with Crippen molar-refractivity contribution in [2.75, 3.05) is 13.1 Å². The highest BCUT2D eigenvalue weighted by molar-refractivity contribution is 8.00. The molecule has 0 aromatic carbocycles. The highest BCUT2D eigenvalue weighted by Gasteiger charge is 2.24. The number of hydrogen-bond acceptors (Lipinski definition) is 5. The van der Waals surface area contributed by atoms with Crippen molar-refractivity contribution < 1.29 is 4.79 Å². The molecule has 1 amide bonds. The fourth-order valence-corrected chi connectivity index (χ4v) is 3.61. The van der Waals surface area contributed by atoms with Gasteiger partial charge in [0.05, 0.1) is 5.25 Å². The predicted molar refractivity (Wildman–Crippen MR) is 86.0 cm³/mol. The fraction of sp³-hybridized carbons (Fsp3) is 0.600. The second-order valence-electron chi connectivity index (χ2n) is 5.79. The molecule has 0 unspecified atom stereocenters. The first-order chi connectivity index (χ1) is 10.5. The van der Waals surface area contributed by atoms with Crippen LogP contribution in [0.3, 0.4) is 0 Å². The molecule has 2 aromatic heterocycles. The van der Waals surface area contributed by atoms with Gasteiger partial charge in [-0.3, -0.25) is 4.79 Å². The zero-order valence-corrected chi connectivity index (χ0v) is 14.1. The Kier molecular flexibility index (Phi) is 4.33. The highest BCUT2D eigenvalue weighted by Crippen LogP contribution is 2.23. The lowest BCUT2D eigenvalue weighted by Crippen LogP contribution is -2.40. The maximum absolute atomic E-state index is 12.5. The predicted octanol–water partition coefficient (Wildman–Crippen LogP) is 2.23. The SMILES string of the molecule is Cc1cc(C)n2nc(S[C@@H](C)C(=O)N3CCCCC3)nc2n1. The molecule has 1 atom stereocenters. The van der Waals surface area contributed by atoms with Crippen molar-refractivity contribution in [1.82, 2.24) is 24.5 Å². The number of thioether (sulfide) groups is 1. The van der Waals surface area contributed by atoms with Crippen molar-refractivity contribution in [1.29, 1.82) is 0 Å². The van der Waals surface area contributed by atoms with E-state index in [-0.39, 0.29) is 11.2 Å². The molecule has 118 valence electrons. The number of hydrogen-bond donors (Lipinski definition) is 0. The maximum Gasteiger partial charge on any atom is 0.253 e. The summed E-state index contributed by atoms with van der Waals surface area (Å²) in [7, 11) is 0. The number of piperidine rings is 1. The summed E-state index contributed by atoms with van der Waals surface area (Å²) in [5, 5.41) is 4.90. The quantitative estimate of drug-likeness (QED) is 0.812. The van der Waals surface area contributed by atoms with E-state index in [2.05, 4.69) is 15.1 Å². The van der Waals surface area contributed by atoms with Gasteiger partial charge in [-0.25, -0.2) is 9.50 Å². The molecule has 1 fully saturated rings. The Morgan fingerprint density at radius 2 is 1.95 bits per heavy atom. The second kappa shape index (κ2) is 6.24. The molecule has 0 N–H and O–H groups in total. The minimum absolute atomic E-state index is 0.170. The topological polar surface area (TPSA) is 63.4 Å². The van der Waals surface area contributed by atoms with Crippen LogP contribution in [0.25, 0.3) is 5.78 Å². The molecule has 0 bridgehead atoms. The molecule has 1 aliphatic rings. The van der Waals surface area contributed by atoms with E-state index in [4.69, 9.17) is 0 Å². The van der Waals surface area contributed by atoms with Crippen LogP contribution in [0.4, 0.5) is 0 Å². The Balaban J connectivity index is 1.74. The molecule has 1 saturated heterocycles. The number of likely N-dealkylation sites (tertiary alicyclic amines) is 1. The number of aryl methyl sites for hydroxylation is 2. The van der Waals surface area contributed by atoms with Crippen molar-refractivity contribution in [3.63, 3.8) is 0 Å². The molecule has 1 aliphatic heterocycles. The van der Waals surface area contributed by atoms with E-state index < -0.39 is 0 Å². The van der Waals surface area contributed by atoms with E-state index in [9.17, 15) is 4.79 Å². The van der Waals surface area contributed by atoms with Crippen LogP contribution >= 0.6 is 11.8 Å². The minimum atomic E-state index is -0.170. The van der Waals surface area contributed by atoms with Crippen molar-refractivity contribution in [2.45, 2.75) is 50.4 Å². The van der Waals surface area contributed by atoms with E-state index in [1.807, 2.05) is 31.7 Å². The molecular formula is C15H21N5OS. The first-order valence-electron chi connectivity index (χ1n) is 7.71. The summed E-state index contributed by atoms with van der Waals surface area (Å²) < 4.78 is 1.73. The fourth-order valence-electron chi connectivity index (χ4n) is 2.78. The molecular weight excluding hydrogens is 298 g/mol. The van der Waals surface area contributed by atoms with Crippen LogP contribution in [0.2, 0.25) is 0 Å². The van der Waals surface area contributed by atoms with Gasteiger partial charge < -0.3 is 4.90 Å². The average Bonchev–Trinajstić information content (AvgIpc) is 2.90. The molecule has 7 heteroatoms. The number of amides is 1. The molecule has 0 spiro atoms. The highest BCUT2D eigenvalue weighted by atomic mass is 32.2. The zero-order valence-electron chi connectivity index (χ0n) is 13.2. The summed E-state index contributed by atoms with van der Waals surface area (Å²) in [5.74, 6) is 0.780. The Morgan fingerprint density at radius 3 is 2.68 bits per heavy atom. The molecule has 0 radical (unpaired) electrons. The first kappa shape index (κ1) is 15.3. The Morgan fingerprint density at radius 1 is 1.23 bits per heavy atom. The summed E-state index contributed by atoms with van der Waals surface area (Å²) in [6.07, 6.45) is 3.44. The van der Waals surface area contributed by atoms with Gasteiger partial charge in [-0.15, -0.1) is 5.10 Å². The molecule has 2 aromatic rings. The molecule has 22 heavy (non-hydrogen) atoms. The van der Waals surface area contributed by atoms with Gasteiger partial charge in [0.15, 0.2) is 0 Å². The van der Waals surface area contributed by atoms with Crippen LogP contribution < -0.4 is 0 Å². The third kappa shape index (κ3) is 3.09. The van der Waals surface area contributed by atoms with Gasteiger partial charge in [-0.1, -0.05) is 11.8 Å². The monoisotopic (exact) mass is 319 g/mol. The van der Waals surface area contributed by atoms with Crippen LogP contribution in [0.15, 0.2) is 11.2 Å². The first-order valence-corrected chi connectivity index (χ1v) is 8.59. The van der Waals surface area contributed by atoms with Gasteiger partial charge in [-0.05, 0) is 46.1 Å². The van der Waals surface area contributed by atoms with Gasteiger partial charge in [0.2, 0.25) is 11.1 Å². The van der Waals surface area contributed by atoms with E-state index in [1.54, 1.807) is 4.52 Å². The van der Waals surface area contributed by atoms with E-state index in [0.717, 1.165) is 37.3 Å². The summed E-state index contributed by atoms with van der Waals surface area (Å²) in [5.41, 5.74) is 1.92. The number of fused-ring (bicyclic) bond motifs is 1. The van der Waals surface area contributed by atoms with Gasteiger partial charge in [0.1, 0.15) is 0 Å². The molecule has 0 aliphatic carbocycles. The van der Waals surface area contributed by atoms with Crippen LogP contribution in [0.1, 0.15) is 37.6 Å². The second-order valence-corrected chi connectivity index (χ2v) is 7.10. The van der Waals surface area contributed by atoms with Crippen LogP contribution in [-0.4, -0.2) is 48.7 Å². The standard InChI is InChI=1S/C15H21N5OS/c1-10-9-11(2)20-14(16-10)17-15(18-20)22-12(3)13(21)19-7-5-4-6-8-19/h9,12H,4-8H2,1-3H3/t12-/m0/s1. The number of aromatic nitrogens is 4. The number of rotatable bonds is 3. The van der Waals surface area contributed by atoms with Crippen molar-refractivity contribution in [3.8, 4) is 0 Å². The Labute approximate surface area is 134 Å². The smallest absolute Gasteiger partial charge is 0.253 e. The average molecular weight is 319 g/mol. The lowest BCUT2D eigenvalue weighted by molar-refractivity contribution is -0.131. The Hall–Kier alpha value is -1.63. The van der Waals surface area contributed by atoms with E-state index in [1.165, 1.54) is 18.2 Å². The summed E-state index contributed by atoms with van der Waals surface area (Å²) in [4.78, 5) is 23.2. The summed E-state index contributed by atoms with van der Waals surface area (Å²) in [6, 6.07) is 1.97. The van der Waals surface area contributed by atoms with Gasteiger partial charge >= 0.3 is 0 Å². The van der Waals surface area contributed by atoms with Crippen molar-refractivity contribution in [3.05, 3.63) is 17.5 Å². The largest absolute Gasteiger partial charge is 0.342 e. The molecule has 0 saturated carbocycles. The zero-order chi connectivity index (χ0) is 15.7. The van der Waals surface area contributed by atoms with Gasteiger partial charge in [-0.2, -0.15) is 4.98 Å². The van der Waals surface area contributed by atoms with E-state index >= 15 is 0 Å². The molecule has 3 heterocycles. The Bertz CT molecular complexity index is 693. The van der Waals surface area contributed by atoms with Crippen LogP contribution in [-0.2, 0) is 4.79 Å². The van der Waals surface area contributed by atoms with Gasteiger partial charge in [0.25, 0.3) is 5.78 Å². The number of nitrogens with zero attached hydrogens (tertiary/aromatic N) is 5. The number of carbonyl (C=O) groups excluding carboxylic acids is 1. The lowest BCUT2D eigenvalue weighted by Gasteiger charge is -2.28. The lowest BCUT2D eigenvalue weighted by atomic mass is 10.1. The third-order valence-corrected chi connectivity index (χ3v) is 4.84. The number of carbonyl (C=O) groups is 1. The van der Waals surface area contributed by atoms with Crippen LogP contribution in [0, 0.1) is 13.8 Å². The maximum atomic E-state index is 12.5. The summed E-state index contributed by atoms with van der Waals surface area (Å²) in [6.45, 7) is 7.60. The van der Waals surface area contributed by atoms with Crippen LogP contribution in [0.5, 0.6) is 0 Å². The van der Waals surface area contributed by atoms with Gasteiger partial charge in [0, 0.05) is 24.5 Å². The molecule has 3 rings (SSSR count). The van der Waals surface area contributed by atoms with Crippen molar-refractivity contribution in [2.24, 2.45) is 0 Å². The normalized spacial score (nSPS) is 17.0. The molecule has 6 nitrogen and oxygen atoms in total. The minimum Gasteiger partial charge on any atom is -0.342 e. The van der Waals surface area contributed by atoms with Crippen molar-refractivity contribution >= 4 is 23.4 Å². The van der Waals surface area contributed by atoms with E-state index in [0.29, 0.717) is 10.9 Å². The third-order valence-electron chi connectivity index (χ3n) is 3.90. The summed E-state index contributed by atoms with van der Waals surface area (Å²) >= 11 is 1.41.